The van der Waals surface area contributed by atoms with Gasteiger partial charge in [-0.25, -0.2) is 0 Å². The summed E-state index contributed by atoms with van der Waals surface area (Å²) in [7, 11) is 2.04. The van der Waals surface area contributed by atoms with E-state index in [1.807, 2.05) is 20.0 Å². The molecule has 1 atom stereocenters. The smallest absolute Gasteiger partial charge is 0.119 e. The van der Waals surface area contributed by atoms with Gasteiger partial charge in [0.15, 0.2) is 0 Å². The largest absolute Gasteiger partial charge is 0.494 e. The first-order valence-electron chi connectivity index (χ1n) is 7.94. The van der Waals surface area contributed by atoms with E-state index in [9.17, 15) is 0 Å². The monoisotopic (exact) mass is 276 g/mol. The highest BCUT2D eigenvalue weighted by atomic mass is 16.5. The van der Waals surface area contributed by atoms with Crippen molar-refractivity contribution in [2.24, 2.45) is 0 Å². The van der Waals surface area contributed by atoms with Gasteiger partial charge in [0.25, 0.3) is 0 Å². The molecule has 1 saturated heterocycles. The highest BCUT2D eigenvalue weighted by Crippen LogP contribution is 2.23. The number of likely N-dealkylation sites (tertiary alicyclic amines) is 1. The summed E-state index contributed by atoms with van der Waals surface area (Å²) in [5.74, 6) is 0.994. The Hall–Kier alpha value is -1.06. The lowest BCUT2D eigenvalue weighted by Gasteiger charge is -2.36. The van der Waals surface area contributed by atoms with Crippen molar-refractivity contribution in [2.75, 3.05) is 26.7 Å². The fraction of sp³-hybridized carbons (Fsp3) is 0.647. The van der Waals surface area contributed by atoms with Crippen LogP contribution in [0.2, 0.25) is 0 Å². The summed E-state index contributed by atoms with van der Waals surface area (Å²) in [4.78, 5) is 2.64. The molecule has 1 N–H and O–H groups in total. The second-order valence-corrected chi connectivity index (χ2v) is 5.59. The van der Waals surface area contributed by atoms with Gasteiger partial charge in [0.2, 0.25) is 0 Å². The summed E-state index contributed by atoms with van der Waals surface area (Å²) >= 11 is 0. The highest BCUT2D eigenvalue weighted by Gasteiger charge is 2.21. The number of benzene rings is 1. The fourth-order valence-electron chi connectivity index (χ4n) is 3.04. The Kier molecular flexibility index (Phi) is 6.34. The van der Waals surface area contributed by atoms with Gasteiger partial charge in [0, 0.05) is 12.6 Å². The van der Waals surface area contributed by atoms with Crippen LogP contribution in [0.1, 0.15) is 38.2 Å². The number of rotatable bonds is 7. The van der Waals surface area contributed by atoms with Gasteiger partial charge in [0.05, 0.1) is 6.61 Å². The van der Waals surface area contributed by atoms with Gasteiger partial charge in [-0.05, 0) is 64.0 Å². The summed E-state index contributed by atoms with van der Waals surface area (Å²) in [5.41, 5.74) is 1.37. The molecule has 0 bridgehead atoms. The second-order valence-electron chi connectivity index (χ2n) is 5.59. The zero-order valence-electron chi connectivity index (χ0n) is 12.9. The van der Waals surface area contributed by atoms with E-state index in [4.69, 9.17) is 4.74 Å². The van der Waals surface area contributed by atoms with Gasteiger partial charge in [0.1, 0.15) is 5.75 Å². The third-order valence-corrected chi connectivity index (χ3v) is 4.07. The molecule has 2 rings (SSSR count). The molecule has 1 aromatic carbocycles. The van der Waals surface area contributed by atoms with E-state index in [1.54, 1.807) is 0 Å². The van der Waals surface area contributed by atoms with Crippen LogP contribution in [0.15, 0.2) is 24.3 Å². The predicted molar refractivity (Wildman–Crippen MR) is 84.2 cm³/mol. The lowest BCUT2D eigenvalue weighted by molar-refractivity contribution is 0.132. The van der Waals surface area contributed by atoms with E-state index < -0.39 is 0 Å². The molecule has 1 aromatic rings. The number of nitrogens with one attached hydrogen (secondary N) is 1. The summed E-state index contributed by atoms with van der Waals surface area (Å²) in [6.45, 7) is 6.16. The number of ether oxygens (including phenoxy) is 1. The maximum absolute atomic E-state index is 5.60. The van der Waals surface area contributed by atoms with Gasteiger partial charge in [-0.15, -0.1) is 0 Å². The zero-order chi connectivity index (χ0) is 14.2. The maximum atomic E-state index is 5.60. The van der Waals surface area contributed by atoms with E-state index >= 15 is 0 Å². The van der Waals surface area contributed by atoms with Gasteiger partial charge < -0.3 is 10.1 Å². The van der Waals surface area contributed by atoms with Crippen molar-refractivity contribution in [2.45, 2.75) is 45.2 Å². The van der Waals surface area contributed by atoms with Crippen LogP contribution < -0.4 is 10.1 Å². The van der Waals surface area contributed by atoms with Gasteiger partial charge in [-0.1, -0.05) is 18.6 Å². The van der Waals surface area contributed by atoms with Crippen LogP contribution in [0.3, 0.4) is 0 Å². The number of nitrogens with zero attached hydrogens (tertiary/aromatic N) is 1. The zero-order valence-corrected chi connectivity index (χ0v) is 12.9. The van der Waals surface area contributed by atoms with E-state index in [1.165, 1.54) is 37.8 Å². The summed E-state index contributed by atoms with van der Waals surface area (Å²) in [5, 5.41) is 3.28. The standard InChI is InChI=1S/C17H28N2O/c1-3-20-17-9-6-7-15(13-17)14-19-12-5-4-8-16(19)10-11-18-2/h6-7,9,13,16,18H,3-5,8,10-12,14H2,1-2H3. The van der Waals surface area contributed by atoms with E-state index in [2.05, 4.69) is 28.4 Å². The minimum absolute atomic E-state index is 0.729. The Morgan fingerprint density at radius 3 is 3.05 bits per heavy atom. The van der Waals surface area contributed by atoms with Gasteiger partial charge in [-0.2, -0.15) is 0 Å². The number of hydrogen-bond acceptors (Lipinski definition) is 3. The Morgan fingerprint density at radius 2 is 2.25 bits per heavy atom. The Bertz CT molecular complexity index is 394. The average Bonchev–Trinajstić information content (AvgIpc) is 2.47. The molecule has 1 aliphatic heterocycles. The van der Waals surface area contributed by atoms with Crippen molar-refractivity contribution in [1.82, 2.24) is 10.2 Å². The van der Waals surface area contributed by atoms with Crippen molar-refractivity contribution < 1.29 is 4.74 Å². The minimum atomic E-state index is 0.729. The van der Waals surface area contributed by atoms with E-state index in [0.29, 0.717) is 0 Å². The molecule has 3 nitrogen and oxygen atoms in total. The first kappa shape index (κ1) is 15.3. The van der Waals surface area contributed by atoms with Gasteiger partial charge in [-0.3, -0.25) is 4.90 Å². The second kappa shape index (κ2) is 8.28. The summed E-state index contributed by atoms with van der Waals surface area (Å²) < 4.78 is 5.60. The third kappa shape index (κ3) is 4.50. The van der Waals surface area contributed by atoms with Crippen molar-refractivity contribution in [3.8, 4) is 5.75 Å². The number of hydrogen-bond donors (Lipinski definition) is 1. The molecular weight excluding hydrogens is 248 g/mol. The summed E-state index contributed by atoms with van der Waals surface area (Å²) in [6, 6.07) is 9.28. The fourth-order valence-corrected chi connectivity index (χ4v) is 3.04. The molecule has 1 heterocycles. The Balaban J connectivity index is 1.96. The number of piperidine rings is 1. The van der Waals surface area contributed by atoms with Crippen molar-refractivity contribution in [1.29, 1.82) is 0 Å². The van der Waals surface area contributed by atoms with Crippen molar-refractivity contribution >= 4 is 0 Å². The van der Waals surface area contributed by atoms with Crippen LogP contribution in [0, 0.1) is 0 Å². The first-order valence-corrected chi connectivity index (χ1v) is 7.94. The first-order chi connectivity index (χ1) is 9.83. The van der Waals surface area contributed by atoms with Crippen LogP contribution >= 0.6 is 0 Å². The predicted octanol–water partition coefficient (Wildman–Crippen LogP) is 3.05. The topological polar surface area (TPSA) is 24.5 Å². The molecule has 0 radical (unpaired) electrons. The molecule has 1 fully saturated rings. The van der Waals surface area contributed by atoms with Crippen LogP contribution in [-0.4, -0.2) is 37.7 Å². The van der Waals surface area contributed by atoms with Gasteiger partial charge >= 0.3 is 0 Å². The molecule has 0 spiro atoms. The molecule has 20 heavy (non-hydrogen) atoms. The Morgan fingerprint density at radius 1 is 1.35 bits per heavy atom. The van der Waals surface area contributed by atoms with Crippen LogP contribution in [-0.2, 0) is 6.54 Å². The lowest BCUT2D eigenvalue weighted by Crippen LogP contribution is -2.40. The molecular formula is C17H28N2O. The molecule has 1 aliphatic rings. The lowest BCUT2D eigenvalue weighted by atomic mass is 9.98. The normalized spacial score (nSPS) is 20.0. The van der Waals surface area contributed by atoms with E-state index in [0.717, 1.165) is 31.5 Å². The summed E-state index contributed by atoms with van der Waals surface area (Å²) in [6.07, 6.45) is 5.31. The average molecular weight is 276 g/mol. The molecule has 0 aromatic heterocycles. The van der Waals surface area contributed by atoms with Crippen molar-refractivity contribution in [3.05, 3.63) is 29.8 Å². The van der Waals surface area contributed by atoms with Crippen LogP contribution in [0.25, 0.3) is 0 Å². The molecule has 0 saturated carbocycles. The van der Waals surface area contributed by atoms with Crippen LogP contribution in [0.4, 0.5) is 0 Å². The molecule has 0 aliphatic carbocycles. The minimum Gasteiger partial charge on any atom is -0.494 e. The van der Waals surface area contributed by atoms with Crippen LogP contribution in [0.5, 0.6) is 5.75 Å². The molecule has 3 heteroatoms. The molecule has 112 valence electrons. The molecule has 1 unspecified atom stereocenters. The molecule has 0 amide bonds. The third-order valence-electron chi connectivity index (χ3n) is 4.07. The maximum Gasteiger partial charge on any atom is 0.119 e. The van der Waals surface area contributed by atoms with E-state index in [-0.39, 0.29) is 0 Å². The highest BCUT2D eigenvalue weighted by molar-refractivity contribution is 5.28. The van der Waals surface area contributed by atoms with Crippen molar-refractivity contribution in [3.63, 3.8) is 0 Å². The SMILES string of the molecule is CCOc1cccc(CN2CCCCC2CCNC)c1. The quantitative estimate of drug-likeness (QED) is 0.828. The Labute approximate surface area is 123 Å².